The maximum absolute atomic E-state index is 10.8. The first-order valence-electron chi connectivity index (χ1n) is 9.25. The van der Waals surface area contributed by atoms with E-state index in [1.807, 2.05) is 24.3 Å². The van der Waals surface area contributed by atoms with Crippen molar-refractivity contribution in [2.24, 2.45) is 17.4 Å². The van der Waals surface area contributed by atoms with Gasteiger partial charge < -0.3 is 37.0 Å². The quantitative estimate of drug-likeness (QED) is 0.309. The molecule has 9 heteroatoms. The second kappa shape index (κ2) is 14.9. The topological polar surface area (TPSA) is 187 Å². The predicted octanol–water partition coefficient (Wildman–Crippen LogP) is 0.152. The third-order valence-corrected chi connectivity index (χ3v) is 3.83. The monoisotopic (exact) mass is 416 g/mol. The second-order valence-electron chi connectivity index (χ2n) is 7.36. The van der Waals surface area contributed by atoms with Gasteiger partial charge in [-0.15, -0.1) is 0 Å². The Morgan fingerprint density at radius 3 is 1.48 bits per heavy atom. The minimum absolute atomic E-state index is 0.403. The smallest absolute Gasteiger partial charge is 0.320 e. The molecule has 0 aromatic heterocycles. The summed E-state index contributed by atoms with van der Waals surface area (Å²) in [6.07, 6.45) is 1.04. The van der Waals surface area contributed by atoms with E-state index in [-0.39, 0.29) is 0 Å². The zero-order valence-corrected chi connectivity index (χ0v) is 17.6. The Balaban J connectivity index is 0. The van der Waals surface area contributed by atoms with Crippen molar-refractivity contribution in [3.8, 4) is 0 Å². The molecule has 29 heavy (non-hydrogen) atoms. The standard InChI is InChI=1S/C13H18O2.C4H11NO3.C3H7NO2/c1-9(2)8-11-4-6-12(7-5-11)10(3)13(14)15;5-4(1-6,2-7)3-8;1-2(4)3(5)6/h4-7,9-10H,8H2,1-3H3,(H,14,15);6-8H,1-3,5H2;2H,4H2,1H3,(H,5,6)/t;;2-/m..0/s1. The van der Waals surface area contributed by atoms with E-state index in [0.29, 0.717) is 5.92 Å². The minimum Gasteiger partial charge on any atom is -0.481 e. The summed E-state index contributed by atoms with van der Waals surface area (Å²) in [6, 6.07) is 7.14. The number of hydrogen-bond donors (Lipinski definition) is 7. The van der Waals surface area contributed by atoms with Crippen LogP contribution in [0.15, 0.2) is 24.3 Å². The highest BCUT2D eigenvalue weighted by Crippen LogP contribution is 2.17. The van der Waals surface area contributed by atoms with Crippen LogP contribution in [0.3, 0.4) is 0 Å². The number of rotatable bonds is 8. The Bertz CT molecular complexity index is 577. The van der Waals surface area contributed by atoms with Gasteiger partial charge in [0.15, 0.2) is 0 Å². The molecular formula is C20H36N2O7. The fourth-order valence-electron chi connectivity index (χ4n) is 1.71. The maximum Gasteiger partial charge on any atom is 0.320 e. The highest BCUT2D eigenvalue weighted by molar-refractivity contribution is 5.75. The van der Waals surface area contributed by atoms with Crippen molar-refractivity contribution in [1.29, 1.82) is 0 Å². The van der Waals surface area contributed by atoms with E-state index in [4.69, 9.17) is 37.0 Å². The van der Waals surface area contributed by atoms with E-state index >= 15 is 0 Å². The molecule has 0 aliphatic rings. The second-order valence-corrected chi connectivity index (χ2v) is 7.36. The lowest BCUT2D eigenvalue weighted by Gasteiger charge is -2.20. The highest BCUT2D eigenvalue weighted by Gasteiger charge is 2.20. The Morgan fingerprint density at radius 2 is 1.28 bits per heavy atom. The van der Waals surface area contributed by atoms with Crippen LogP contribution in [-0.4, -0.2) is 68.9 Å². The van der Waals surface area contributed by atoms with Gasteiger partial charge >= 0.3 is 11.9 Å². The number of benzene rings is 1. The SMILES string of the molecule is CC(C)Cc1ccc(C(C)C(=O)O)cc1.C[C@H](N)C(=O)O.NC(CO)(CO)CO. The number of nitrogens with two attached hydrogens (primary N) is 2. The summed E-state index contributed by atoms with van der Waals surface area (Å²) in [6.45, 7) is 6.27. The number of hydrogen-bond acceptors (Lipinski definition) is 7. The summed E-state index contributed by atoms with van der Waals surface area (Å²) < 4.78 is 0. The highest BCUT2D eigenvalue weighted by atomic mass is 16.4. The Hall–Kier alpha value is -2.04. The third kappa shape index (κ3) is 13.7. The number of carboxylic acids is 2. The van der Waals surface area contributed by atoms with Crippen molar-refractivity contribution >= 4 is 11.9 Å². The van der Waals surface area contributed by atoms with Gasteiger partial charge in [-0.25, -0.2) is 0 Å². The van der Waals surface area contributed by atoms with Gasteiger partial charge in [-0.2, -0.15) is 0 Å². The van der Waals surface area contributed by atoms with Crippen LogP contribution in [0, 0.1) is 5.92 Å². The first-order chi connectivity index (χ1) is 13.3. The molecule has 0 fully saturated rings. The molecule has 9 nitrogen and oxygen atoms in total. The molecule has 0 aliphatic carbocycles. The van der Waals surface area contributed by atoms with E-state index in [9.17, 15) is 9.59 Å². The van der Waals surface area contributed by atoms with Crippen molar-refractivity contribution in [3.63, 3.8) is 0 Å². The van der Waals surface area contributed by atoms with Crippen LogP contribution in [-0.2, 0) is 16.0 Å². The average molecular weight is 417 g/mol. The lowest BCUT2D eigenvalue weighted by molar-refractivity contribution is -0.139. The fraction of sp³-hybridized carbons (Fsp3) is 0.600. The number of aliphatic hydroxyl groups excluding tert-OH is 3. The molecule has 1 aromatic rings. The van der Waals surface area contributed by atoms with Crippen LogP contribution in [0.25, 0.3) is 0 Å². The summed E-state index contributed by atoms with van der Waals surface area (Å²) in [5.41, 5.74) is 10.9. The molecule has 1 unspecified atom stereocenters. The lowest BCUT2D eigenvalue weighted by Crippen LogP contribution is -2.50. The van der Waals surface area contributed by atoms with Gasteiger partial charge in [0.25, 0.3) is 0 Å². The van der Waals surface area contributed by atoms with Gasteiger partial charge in [0.1, 0.15) is 6.04 Å². The van der Waals surface area contributed by atoms with Crippen LogP contribution >= 0.6 is 0 Å². The van der Waals surface area contributed by atoms with Crippen LogP contribution < -0.4 is 11.5 Å². The van der Waals surface area contributed by atoms with Crippen LogP contribution in [0.5, 0.6) is 0 Å². The van der Waals surface area contributed by atoms with E-state index in [0.717, 1.165) is 12.0 Å². The average Bonchev–Trinajstić information content (AvgIpc) is 2.67. The lowest BCUT2D eigenvalue weighted by atomic mass is 9.97. The molecule has 0 aliphatic heterocycles. The van der Waals surface area contributed by atoms with Crippen molar-refractivity contribution in [2.75, 3.05) is 19.8 Å². The summed E-state index contributed by atoms with van der Waals surface area (Å²) in [4.78, 5) is 20.3. The molecule has 0 saturated carbocycles. The predicted molar refractivity (Wildman–Crippen MR) is 110 cm³/mol. The number of aliphatic carboxylic acids is 2. The van der Waals surface area contributed by atoms with E-state index in [1.54, 1.807) is 6.92 Å². The molecule has 0 bridgehead atoms. The Kier molecular flexibility index (Phi) is 15.0. The first-order valence-corrected chi connectivity index (χ1v) is 9.25. The van der Waals surface area contributed by atoms with Crippen LogP contribution in [0.4, 0.5) is 0 Å². The molecule has 0 saturated heterocycles. The molecular weight excluding hydrogens is 380 g/mol. The minimum atomic E-state index is -1.21. The number of carboxylic acid groups (broad SMARTS) is 2. The molecule has 0 spiro atoms. The molecule has 9 N–H and O–H groups in total. The van der Waals surface area contributed by atoms with Gasteiger partial charge in [0, 0.05) is 0 Å². The van der Waals surface area contributed by atoms with Gasteiger partial charge in [-0.05, 0) is 37.3 Å². The van der Waals surface area contributed by atoms with Crippen molar-refractivity contribution in [3.05, 3.63) is 35.4 Å². The zero-order valence-electron chi connectivity index (χ0n) is 17.6. The van der Waals surface area contributed by atoms with Gasteiger partial charge in [-0.1, -0.05) is 38.1 Å². The van der Waals surface area contributed by atoms with Gasteiger partial charge in [0.2, 0.25) is 0 Å². The number of carbonyl (C=O) groups is 2. The molecule has 0 radical (unpaired) electrons. The molecule has 0 heterocycles. The van der Waals surface area contributed by atoms with Crippen LogP contribution in [0.2, 0.25) is 0 Å². The number of aliphatic hydroxyl groups is 3. The Labute approximate surface area is 172 Å². The molecule has 2 atom stereocenters. The largest absolute Gasteiger partial charge is 0.481 e. The molecule has 1 rings (SSSR count). The third-order valence-electron chi connectivity index (χ3n) is 3.83. The Morgan fingerprint density at radius 1 is 0.897 bits per heavy atom. The van der Waals surface area contributed by atoms with Crippen LogP contribution in [0.1, 0.15) is 44.7 Å². The van der Waals surface area contributed by atoms with E-state index < -0.39 is 49.3 Å². The van der Waals surface area contributed by atoms with Crippen molar-refractivity contribution in [2.45, 2.75) is 51.6 Å². The summed E-state index contributed by atoms with van der Waals surface area (Å²) in [5.74, 6) is -1.52. The maximum atomic E-state index is 10.8. The normalized spacial score (nSPS) is 12.8. The first kappa shape index (κ1) is 29.2. The van der Waals surface area contributed by atoms with Crippen molar-refractivity contribution in [1.82, 2.24) is 0 Å². The molecule has 1 aromatic carbocycles. The molecule has 0 amide bonds. The van der Waals surface area contributed by atoms with Gasteiger partial charge in [-0.3, -0.25) is 9.59 Å². The summed E-state index contributed by atoms with van der Waals surface area (Å²) in [5, 5.41) is 41.7. The summed E-state index contributed by atoms with van der Waals surface area (Å²) in [7, 11) is 0. The van der Waals surface area contributed by atoms with Crippen molar-refractivity contribution < 1.29 is 35.1 Å². The van der Waals surface area contributed by atoms with E-state index in [1.165, 1.54) is 12.5 Å². The van der Waals surface area contributed by atoms with Gasteiger partial charge in [0.05, 0.1) is 31.3 Å². The fourth-order valence-corrected chi connectivity index (χ4v) is 1.71. The molecule has 168 valence electrons. The van der Waals surface area contributed by atoms with E-state index in [2.05, 4.69) is 13.8 Å². The summed E-state index contributed by atoms with van der Waals surface area (Å²) >= 11 is 0. The zero-order chi connectivity index (χ0) is 23.2.